The number of alkyl halides is 3. The van der Waals surface area contributed by atoms with Crippen molar-refractivity contribution in [1.29, 1.82) is 0 Å². The third-order valence-corrected chi connectivity index (χ3v) is 5.48. The second-order valence-corrected chi connectivity index (χ2v) is 7.61. The van der Waals surface area contributed by atoms with Crippen molar-refractivity contribution in [2.75, 3.05) is 5.32 Å². The van der Waals surface area contributed by atoms with E-state index in [1.165, 1.54) is 12.3 Å². The standard InChI is InChI=1S/C23H17F3N6O/c1-13-19(12-27-31(13)2)29-22(33)18-11-21-28-17(10-20(23(24,25)26)32(21)30-18)16-8-7-14-5-3-4-6-15(14)9-16/h3-12H,1-2H3,(H,29,33). The van der Waals surface area contributed by atoms with Crippen LogP contribution in [0.3, 0.4) is 0 Å². The summed E-state index contributed by atoms with van der Waals surface area (Å²) in [6, 6.07) is 15.1. The Morgan fingerprint density at radius 1 is 1.03 bits per heavy atom. The second kappa shape index (κ2) is 7.44. The van der Waals surface area contributed by atoms with Gasteiger partial charge in [-0.2, -0.15) is 23.4 Å². The quantitative estimate of drug-likeness (QED) is 0.426. The lowest BCUT2D eigenvalue weighted by Gasteiger charge is -2.11. The van der Waals surface area contributed by atoms with Gasteiger partial charge in [-0.1, -0.05) is 36.4 Å². The van der Waals surface area contributed by atoms with Gasteiger partial charge in [0.25, 0.3) is 5.91 Å². The van der Waals surface area contributed by atoms with E-state index in [2.05, 4.69) is 20.5 Å². The molecule has 1 N–H and O–H groups in total. The minimum Gasteiger partial charge on any atom is -0.318 e. The first-order chi connectivity index (χ1) is 15.7. The number of nitrogens with one attached hydrogen (secondary N) is 1. The number of fused-ring (bicyclic) bond motifs is 2. The van der Waals surface area contributed by atoms with Crippen LogP contribution >= 0.6 is 0 Å². The van der Waals surface area contributed by atoms with Crippen LogP contribution in [0.25, 0.3) is 27.7 Å². The normalized spacial score (nSPS) is 11.9. The lowest BCUT2D eigenvalue weighted by molar-refractivity contribution is -0.142. The van der Waals surface area contributed by atoms with E-state index in [1.807, 2.05) is 30.3 Å². The fraction of sp³-hybridized carbons (Fsp3) is 0.130. The minimum absolute atomic E-state index is 0.0824. The topological polar surface area (TPSA) is 77.1 Å². The van der Waals surface area contributed by atoms with Crippen LogP contribution in [0.15, 0.2) is 60.8 Å². The molecule has 2 aromatic carbocycles. The van der Waals surface area contributed by atoms with Crippen molar-refractivity contribution in [2.24, 2.45) is 7.05 Å². The molecule has 0 aliphatic rings. The number of benzene rings is 2. The van der Waals surface area contributed by atoms with Crippen molar-refractivity contribution in [3.05, 3.63) is 77.9 Å². The average molecular weight is 450 g/mol. The predicted molar refractivity (Wildman–Crippen MR) is 117 cm³/mol. The van der Waals surface area contributed by atoms with Crippen LogP contribution in [0.4, 0.5) is 18.9 Å². The third kappa shape index (κ3) is 3.69. The van der Waals surface area contributed by atoms with E-state index in [0.29, 0.717) is 21.5 Å². The molecule has 5 rings (SSSR count). The molecule has 7 nitrogen and oxygen atoms in total. The number of halogens is 3. The number of rotatable bonds is 3. The SMILES string of the molecule is Cc1c(NC(=O)c2cc3nc(-c4ccc5ccccc5c4)cc(C(F)(F)F)n3n2)cnn1C. The molecule has 0 spiro atoms. The molecule has 5 aromatic rings. The maximum absolute atomic E-state index is 13.9. The highest BCUT2D eigenvalue weighted by molar-refractivity contribution is 6.03. The first kappa shape index (κ1) is 20.7. The number of aryl methyl sites for hydroxylation is 1. The van der Waals surface area contributed by atoms with E-state index in [1.54, 1.807) is 30.8 Å². The fourth-order valence-electron chi connectivity index (χ4n) is 3.59. The summed E-state index contributed by atoms with van der Waals surface area (Å²) in [5, 5.41) is 12.4. The number of carbonyl (C=O) groups excluding carboxylic acids is 1. The number of carbonyl (C=O) groups is 1. The van der Waals surface area contributed by atoms with Gasteiger partial charge in [0, 0.05) is 18.7 Å². The molecule has 0 aliphatic carbocycles. The van der Waals surface area contributed by atoms with E-state index >= 15 is 0 Å². The zero-order chi connectivity index (χ0) is 23.3. The smallest absolute Gasteiger partial charge is 0.318 e. The number of anilines is 1. The zero-order valence-electron chi connectivity index (χ0n) is 17.6. The number of hydrogen-bond donors (Lipinski definition) is 1. The van der Waals surface area contributed by atoms with E-state index in [4.69, 9.17) is 0 Å². The van der Waals surface area contributed by atoms with E-state index in [9.17, 15) is 18.0 Å². The molecule has 0 fully saturated rings. The van der Waals surface area contributed by atoms with Gasteiger partial charge in [-0.15, -0.1) is 0 Å². The van der Waals surface area contributed by atoms with E-state index < -0.39 is 17.8 Å². The summed E-state index contributed by atoms with van der Waals surface area (Å²) >= 11 is 0. The summed E-state index contributed by atoms with van der Waals surface area (Å²) in [5.74, 6) is -0.656. The summed E-state index contributed by atoms with van der Waals surface area (Å²) < 4.78 is 43.9. The minimum atomic E-state index is -4.70. The van der Waals surface area contributed by atoms with Crippen molar-refractivity contribution in [3.8, 4) is 11.3 Å². The molecule has 166 valence electrons. The molecule has 0 unspecified atom stereocenters. The van der Waals surface area contributed by atoms with E-state index in [0.717, 1.165) is 16.8 Å². The number of aromatic nitrogens is 5. The molecular formula is C23H17F3N6O. The van der Waals surface area contributed by atoms with Crippen molar-refractivity contribution in [3.63, 3.8) is 0 Å². The molecule has 0 atom stereocenters. The highest BCUT2D eigenvalue weighted by Gasteiger charge is 2.35. The Morgan fingerprint density at radius 3 is 2.48 bits per heavy atom. The Bertz CT molecular complexity index is 1530. The van der Waals surface area contributed by atoms with Crippen LogP contribution < -0.4 is 5.32 Å². The van der Waals surface area contributed by atoms with Crippen molar-refractivity contribution < 1.29 is 18.0 Å². The van der Waals surface area contributed by atoms with Crippen LogP contribution in [0, 0.1) is 6.92 Å². The average Bonchev–Trinajstić information content (AvgIpc) is 3.36. The number of amides is 1. The Balaban J connectivity index is 1.61. The van der Waals surface area contributed by atoms with Gasteiger partial charge in [-0.25, -0.2) is 9.50 Å². The Labute approximate surface area is 185 Å². The Kier molecular flexibility index (Phi) is 4.66. The van der Waals surface area contributed by atoms with Gasteiger partial charge >= 0.3 is 6.18 Å². The van der Waals surface area contributed by atoms with E-state index in [-0.39, 0.29) is 17.0 Å². The number of hydrogen-bond acceptors (Lipinski definition) is 4. The lowest BCUT2D eigenvalue weighted by atomic mass is 10.0. The van der Waals surface area contributed by atoms with Gasteiger partial charge in [0.05, 0.1) is 23.3 Å². The first-order valence-electron chi connectivity index (χ1n) is 9.98. The summed E-state index contributed by atoms with van der Waals surface area (Å²) in [7, 11) is 1.71. The Morgan fingerprint density at radius 2 is 1.79 bits per heavy atom. The fourth-order valence-corrected chi connectivity index (χ4v) is 3.59. The van der Waals surface area contributed by atoms with Crippen LogP contribution in [0.1, 0.15) is 21.9 Å². The van der Waals surface area contributed by atoms with Gasteiger partial charge in [0.1, 0.15) is 0 Å². The predicted octanol–water partition coefficient (Wildman–Crippen LogP) is 4.86. The molecule has 10 heteroatoms. The van der Waals surface area contributed by atoms with Crippen LogP contribution in [-0.4, -0.2) is 30.3 Å². The van der Waals surface area contributed by atoms with Crippen LogP contribution in [0.5, 0.6) is 0 Å². The zero-order valence-corrected chi connectivity index (χ0v) is 17.6. The summed E-state index contributed by atoms with van der Waals surface area (Å²) in [6.45, 7) is 1.76. The van der Waals surface area contributed by atoms with Crippen molar-refractivity contribution in [1.82, 2.24) is 24.4 Å². The summed E-state index contributed by atoms with van der Waals surface area (Å²) in [6.07, 6.45) is -3.24. The monoisotopic (exact) mass is 450 g/mol. The Hall–Kier alpha value is -4.21. The highest BCUT2D eigenvalue weighted by Crippen LogP contribution is 2.33. The van der Waals surface area contributed by atoms with Crippen molar-refractivity contribution in [2.45, 2.75) is 13.1 Å². The largest absolute Gasteiger partial charge is 0.433 e. The molecule has 3 aromatic heterocycles. The van der Waals surface area contributed by atoms with Gasteiger partial charge in [-0.3, -0.25) is 9.48 Å². The van der Waals surface area contributed by atoms with Gasteiger partial charge in [0.15, 0.2) is 17.0 Å². The van der Waals surface area contributed by atoms with Gasteiger partial charge in [0.2, 0.25) is 0 Å². The first-order valence-corrected chi connectivity index (χ1v) is 9.98. The summed E-state index contributed by atoms with van der Waals surface area (Å²) in [5.41, 5.74) is 0.510. The third-order valence-electron chi connectivity index (χ3n) is 5.48. The molecule has 0 bridgehead atoms. The van der Waals surface area contributed by atoms with Gasteiger partial charge in [-0.05, 0) is 29.8 Å². The summed E-state index contributed by atoms with van der Waals surface area (Å²) in [4.78, 5) is 17.0. The molecular weight excluding hydrogens is 433 g/mol. The van der Waals surface area contributed by atoms with Crippen LogP contribution in [0.2, 0.25) is 0 Å². The molecule has 1 amide bonds. The van der Waals surface area contributed by atoms with Crippen LogP contribution in [-0.2, 0) is 13.2 Å². The maximum Gasteiger partial charge on any atom is 0.433 e. The maximum atomic E-state index is 13.9. The second-order valence-electron chi connectivity index (χ2n) is 7.61. The van der Waals surface area contributed by atoms with Gasteiger partial charge < -0.3 is 5.32 Å². The molecule has 3 heterocycles. The molecule has 0 aliphatic heterocycles. The van der Waals surface area contributed by atoms with Crippen molar-refractivity contribution >= 4 is 28.0 Å². The molecule has 0 saturated heterocycles. The molecule has 33 heavy (non-hydrogen) atoms. The number of nitrogens with zero attached hydrogens (tertiary/aromatic N) is 5. The highest BCUT2D eigenvalue weighted by atomic mass is 19.4. The molecule has 0 saturated carbocycles. The molecule has 0 radical (unpaired) electrons. The lowest BCUT2D eigenvalue weighted by Crippen LogP contribution is -2.16.